The van der Waals surface area contributed by atoms with E-state index >= 15 is 0 Å². The minimum atomic E-state index is -0.756. The molecule has 1 amide bonds. The maximum atomic E-state index is 13.5. The Hall–Kier alpha value is -2.92. The second-order valence-electron chi connectivity index (χ2n) is 8.09. The number of imidazole rings is 1. The van der Waals surface area contributed by atoms with E-state index in [4.69, 9.17) is 4.74 Å². The van der Waals surface area contributed by atoms with Gasteiger partial charge in [0.15, 0.2) is 5.82 Å². The molecule has 0 saturated carbocycles. The zero-order chi connectivity index (χ0) is 21.3. The quantitative estimate of drug-likeness (QED) is 0.640. The van der Waals surface area contributed by atoms with Gasteiger partial charge in [0.05, 0.1) is 6.04 Å². The molecule has 2 aromatic carbocycles. The van der Waals surface area contributed by atoms with Crippen LogP contribution in [0.2, 0.25) is 0 Å². The molecule has 1 fully saturated rings. The van der Waals surface area contributed by atoms with E-state index in [1.165, 1.54) is 0 Å². The maximum Gasteiger partial charge on any atom is 0.290 e. The third kappa shape index (κ3) is 3.14. The number of rotatable bonds is 5. The molecule has 1 aromatic heterocycles. The van der Waals surface area contributed by atoms with E-state index in [1.807, 2.05) is 42.4 Å². The number of hydrogen-bond acceptors (Lipinski definition) is 3. The number of carbonyl (C=O) groups is 1. The van der Waals surface area contributed by atoms with Gasteiger partial charge in [0.2, 0.25) is 0 Å². The number of ether oxygens (including phenoxy) is 1. The number of benzene rings is 2. The van der Waals surface area contributed by atoms with Gasteiger partial charge in [-0.15, -0.1) is 0 Å². The normalized spacial score (nSPS) is 16.8. The first kappa shape index (κ1) is 20.4. The number of nitrogens with zero attached hydrogens (tertiary/aromatic N) is 3. The molecule has 0 N–H and O–H groups in total. The zero-order valence-corrected chi connectivity index (χ0v) is 18.1. The van der Waals surface area contributed by atoms with E-state index in [2.05, 4.69) is 43.1 Å². The van der Waals surface area contributed by atoms with Crippen LogP contribution in [0.5, 0.6) is 0 Å². The smallest absolute Gasteiger partial charge is 0.290 e. The Balaban J connectivity index is 1.92. The molecule has 4 rings (SSSR count). The molecule has 1 atom stereocenters. The van der Waals surface area contributed by atoms with Gasteiger partial charge in [-0.05, 0) is 48.9 Å². The summed E-state index contributed by atoms with van der Waals surface area (Å²) in [5.74, 6) is 0.412. The van der Waals surface area contributed by atoms with Crippen LogP contribution < -0.4 is 0 Å². The van der Waals surface area contributed by atoms with Crippen LogP contribution in [0.1, 0.15) is 45.7 Å². The highest BCUT2D eigenvalue weighted by Crippen LogP contribution is 2.45. The molecule has 0 radical (unpaired) electrons. The summed E-state index contributed by atoms with van der Waals surface area (Å²) in [5, 5.41) is 0. The molecule has 1 saturated heterocycles. The monoisotopic (exact) mass is 403 g/mol. The Morgan fingerprint density at radius 3 is 2.17 bits per heavy atom. The topological polar surface area (TPSA) is 47.4 Å². The van der Waals surface area contributed by atoms with Crippen molar-refractivity contribution in [3.63, 3.8) is 0 Å². The van der Waals surface area contributed by atoms with Crippen LogP contribution in [0.3, 0.4) is 0 Å². The Bertz CT molecular complexity index is 1010. The first-order valence-corrected chi connectivity index (χ1v) is 10.5. The fourth-order valence-electron chi connectivity index (χ4n) is 4.97. The van der Waals surface area contributed by atoms with E-state index in [-0.39, 0.29) is 11.9 Å². The first-order chi connectivity index (χ1) is 14.5. The molecule has 1 aliphatic rings. The fraction of sp³-hybridized carbons (Fsp3) is 0.360. The standard InChI is InChI=1S/C25H29N3O2/c1-18-10-5-7-12-20(18)25(30-4,21-13-8-6-11-19(21)2)22-14-9-16-28(22)24(29)23-26-15-17-27(23)3/h5-8,10-13,15,17,22H,9,14,16H2,1-4H3/t22-/m1/s1. The molecule has 0 spiro atoms. The molecule has 1 aliphatic heterocycles. The third-order valence-corrected chi connectivity index (χ3v) is 6.41. The summed E-state index contributed by atoms with van der Waals surface area (Å²) in [4.78, 5) is 19.8. The average Bonchev–Trinajstić information content (AvgIpc) is 3.40. The highest BCUT2D eigenvalue weighted by Gasteiger charge is 2.50. The summed E-state index contributed by atoms with van der Waals surface area (Å²) in [7, 11) is 3.62. The molecule has 0 aliphatic carbocycles. The van der Waals surface area contributed by atoms with Crippen LogP contribution in [0.25, 0.3) is 0 Å². The lowest BCUT2D eigenvalue weighted by Gasteiger charge is -2.44. The van der Waals surface area contributed by atoms with Crippen LogP contribution in [-0.4, -0.2) is 40.1 Å². The van der Waals surface area contributed by atoms with E-state index in [0.29, 0.717) is 12.4 Å². The van der Waals surface area contributed by atoms with Crippen molar-refractivity contribution < 1.29 is 9.53 Å². The Labute approximate surface area is 178 Å². The lowest BCUT2D eigenvalue weighted by molar-refractivity contribution is -0.0372. The predicted octanol–water partition coefficient (Wildman–Crippen LogP) is 4.23. The van der Waals surface area contributed by atoms with Crippen molar-refractivity contribution in [2.45, 2.75) is 38.3 Å². The number of likely N-dealkylation sites (tertiary alicyclic amines) is 1. The van der Waals surface area contributed by atoms with Gasteiger partial charge in [0.25, 0.3) is 5.91 Å². The number of aromatic nitrogens is 2. The van der Waals surface area contributed by atoms with Crippen molar-refractivity contribution in [2.75, 3.05) is 13.7 Å². The molecule has 0 bridgehead atoms. The molecule has 30 heavy (non-hydrogen) atoms. The van der Waals surface area contributed by atoms with Gasteiger partial charge in [-0.1, -0.05) is 48.5 Å². The van der Waals surface area contributed by atoms with Crippen LogP contribution in [0, 0.1) is 13.8 Å². The Kier molecular flexibility index (Phi) is 5.48. The van der Waals surface area contributed by atoms with Gasteiger partial charge in [0, 0.05) is 33.1 Å². The second kappa shape index (κ2) is 8.07. The first-order valence-electron chi connectivity index (χ1n) is 10.5. The van der Waals surface area contributed by atoms with Crippen LogP contribution in [-0.2, 0) is 17.4 Å². The summed E-state index contributed by atoms with van der Waals surface area (Å²) in [6.45, 7) is 4.92. The Morgan fingerprint density at radius 1 is 1.07 bits per heavy atom. The number of methoxy groups -OCH3 is 1. The van der Waals surface area contributed by atoms with E-state index < -0.39 is 5.60 Å². The molecule has 156 valence electrons. The number of carbonyl (C=O) groups excluding carboxylic acids is 1. The lowest BCUT2D eigenvalue weighted by Crippen LogP contribution is -2.52. The minimum absolute atomic E-state index is 0.0476. The molecule has 2 heterocycles. The predicted molar refractivity (Wildman–Crippen MR) is 117 cm³/mol. The molecule has 0 unspecified atom stereocenters. The van der Waals surface area contributed by atoms with Crippen LogP contribution in [0.4, 0.5) is 0 Å². The summed E-state index contributed by atoms with van der Waals surface area (Å²) in [6.07, 6.45) is 5.28. The molecule has 3 aromatic rings. The third-order valence-electron chi connectivity index (χ3n) is 6.41. The number of amides is 1. The van der Waals surface area contributed by atoms with E-state index in [1.54, 1.807) is 17.9 Å². The van der Waals surface area contributed by atoms with Crippen molar-refractivity contribution in [3.05, 3.63) is 89.0 Å². The highest BCUT2D eigenvalue weighted by molar-refractivity contribution is 5.91. The van der Waals surface area contributed by atoms with Crippen LogP contribution >= 0.6 is 0 Å². The summed E-state index contributed by atoms with van der Waals surface area (Å²) in [5.41, 5.74) is 3.75. The van der Waals surface area contributed by atoms with Crippen molar-refractivity contribution in [1.82, 2.24) is 14.5 Å². The molecular weight excluding hydrogens is 374 g/mol. The van der Waals surface area contributed by atoms with Gasteiger partial charge < -0.3 is 14.2 Å². The average molecular weight is 404 g/mol. The van der Waals surface area contributed by atoms with Crippen molar-refractivity contribution in [1.29, 1.82) is 0 Å². The Morgan fingerprint density at radius 2 is 1.67 bits per heavy atom. The van der Waals surface area contributed by atoms with Crippen molar-refractivity contribution in [3.8, 4) is 0 Å². The lowest BCUT2D eigenvalue weighted by atomic mass is 9.75. The van der Waals surface area contributed by atoms with Gasteiger partial charge in [-0.25, -0.2) is 4.98 Å². The highest BCUT2D eigenvalue weighted by atomic mass is 16.5. The molecule has 5 nitrogen and oxygen atoms in total. The van der Waals surface area contributed by atoms with Crippen LogP contribution in [0.15, 0.2) is 60.9 Å². The summed E-state index contributed by atoms with van der Waals surface area (Å²) >= 11 is 0. The second-order valence-corrected chi connectivity index (χ2v) is 8.09. The van der Waals surface area contributed by atoms with Gasteiger partial charge >= 0.3 is 0 Å². The largest absolute Gasteiger partial charge is 0.367 e. The SMILES string of the molecule is COC(c1ccccc1C)(c1ccccc1C)[C@H]1CCCN1C(=O)c1nccn1C. The van der Waals surface area contributed by atoms with Gasteiger partial charge in [-0.2, -0.15) is 0 Å². The van der Waals surface area contributed by atoms with Crippen molar-refractivity contribution in [2.24, 2.45) is 7.05 Å². The number of hydrogen-bond donors (Lipinski definition) is 0. The zero-order valence-electron chi connectivity index (χ0n) is 18.1. The molecule has 5 heteroatoms. The van der Waals surface area contributed by atoms with Gasteiger partial charge in [-0.3, -0.25) is 4.79 Å². The van der Waals surface area contributed by atoms with Crippen molar-refractivity contribution >= 4 is 5.91 Å². The summed E-state index contributed by atoms with van der Waals surface area (Å²) in [6, 6.07) is 16.5. The maximum absolute atomic E-state index is 13.5. The van der Waals surface area contributed by atoms with E-state index in [0.717, 1.165) is 35.1 Å². The van der Waals surface area contributed by atoms with Gasteiger partial charge in [0.1, 0.15) is 5.60 Å². The fourth-order valence-corrected chi connectivity index (χ4v) is 4.97. The van der Waals surface area contributed by atoms with E-state index in [9.17, 15) is 4.79 Å². The minimum Gasteiger partial charge on any atom is -0.367 e. The summed E-state index contributed by atoms with van der Waals surface area (Å²) < 4.78 is 8.25. The number of aryl methyl sites for hydroxylation is 3. The molecular formula is C25H29N3O2.